The lowest BCUT2D eigenvalue weighted by Crippen LogP contribution is -2.88. The molecule has 2 aromatic rings. The summed E-state index contributed by atoms with van der Waals surface area (Å²) in [6.07, 6.45) is 8.86. The maximum atomic E-state index is 7.03. The predicted molar refractivity (Wildman–Crippen MR) is 185 cm³/mol. The molecule has 0 aliphatic heterocycles. The minimum absolute atomic E-state index is 0.730. The number of benzene rings is 2. The fraction of sp³-hybridized carbons (Fsp3) is 0.487. The van der Waals surface area contributed by atoms with Crippen molar-refractivity contribution in [3.8, 4) is 11.1 Å². The minimum atomic E-state index is -1.79. The molecule has 266 valence electrons. The van der Waals surface area contributed by atoms with E-state index in [1.54, 1.807) is 56.9 Å². The molecule has 0 N–H and O–H groups in total. The lowest BCUT2D eigenvalue weighted by atomic mass is 9.46. The van der Waals surface area contributed by atoms with E-state index in [1.807, 2.05) is 62.4 Å². The standard InChI is InChI=1S/C39H50O10/c1-13-48-31-23-25-35(42-7,38(44-9,45-10)33(31,3)40-5)37(29-21-17-15-19-27(29)28-20-16-18-22-30(28)37)36(43-8)26-24-32(49-14-2)34(4,41-6)39(36,46-11)47-12/h13-26,31-32H,1-2H2,3-12H3. The Kier molecular flexibility index (Phi) is 9.88. The molecule has 0 saturated carbocycles. The zero-order chi connectivity index (χ0) is 35.9. The highest BCUT2D eigenvalue weighted by molar-refractivity contribution is 5.84. The van der Waals surface area contributed by atoms with Crippen molar-refractivity contribution in [1.29, 1.82) is 0 Å². The van der Waals surface area contributed by atoms with Crippen LogP contribution >= 0.6 is 0 Å². The van der Waals surface area contributed by atoms with Crippen LogP contribution in [0, 0.1) is 0 Å². The predicted octanol–water partition coefficient (Wildman–Crippen LogP) is 5.71. The summed E-state index contributed by atoms with van der Waals surface area (Å²) in [5, 5.41) is 0. The minimum Gasteiger partial charge on any atom is -0.491 e. The highest BCUT2D eigenvalue weighted by Crippen LogP contribution is 2.71. The Morgan fingerprint density at radius 1 is 0.510 bits per heavy atom. The number of methoxy groups -OCH3 is 8. The number of ether oxygens (including phenoxy) is 10. The van der Waals surface area contributed by atoms with Crippen LogP contribution in [0.1, 0.15) is 25.0 Å². The van der Waals surface area contributed by atoms with Gasteiger partial charge >= 0.3 is 0 Å². The maximum Gasteiger partial charge on any atom is 0.236 e. The van der Waals surface area contributed by atoms with Gasteiger partial charge < -0.3 is 47.4 Å². The molecule has 0 bridgehead atoms. The molecule has 6 atom stereocenters. The van der Waals surface area contributed by atoms with Gasteiger partial charge in [-0.2, -0.15) is 0 Å². The third-order valence-electron chi connectivity index (χ3n) is 11.6. The van der Waals surface area contributed by atoms with Crippen molar-refractivity contribution < 1.29 is 47.4 Å². The van der Waals surface area contributed by atoms with E-state index in [2.05, 4.69) is 37.4 Å². The summed E-state index contributed by atoms with van der Waals surface area (Å²) < 4.78 is 65.8. The molecule has 0 fully saturated rings. The van der Waals surface area contributed by atoms with Crippen molar-refractivity contribution >= 4 is 0 Å². The maximum absolute atomic E-state index is 7.03. The second-order valence-corrected chi connectivity index (χ2v) is 12.6. The average Bonchev–Trinajstić information content (AvgIpc) is 3.45. The van der Waals surface area contributed by atoms with Gasteiger partial charge in [-0.1, -0.05) is 61.7 Å². The van der Waals surface area contributed by atoms with Crippen molar-refractivity contribution in [2.45, 2.75) is 65.4 Å². The van der Waals surface area contributed by atoms with Crippen LogP contribution in [0.15, 0.2) is 98.5 Å². The van der Waals surface area contributed by atoms with E-state index < -0.39 is 51.6 Å². The van der Waals surface area contributed by atoms with E-state index in [9.17, 15) is 0 Å². The van der Waals surface area contributed by atoms with Crippen LogP contribution in [0.2, 0.25) is 0 Å². The molecule has 10 nitrogen and oxygen atoms in total. The Bertz CT molecular complexity index is 1480. The van der Waals surface area contributed by atoms with Crippen LogP contribution in [0.5, 0.6) is 0 Å². The van der Waals surface area contributed by atoms with Crippen molar-refractivity contribution in [2.24, 2.45) is 0 Å². The Labute approximate surface area is 290 Å². The van der Waals surface area contributed by atoms with Gasteiger partial charge in [0.15, 0.2) is 34.6 Å². The van der Waals surface area contributed by atoms with Crippen LogP contribution in [0.3, 0.4) is 0 Å². The monoisotopic (exact) mass is 678 g/mol. The lowest BCUT2D eigenvalue weighted by Gasteiger charge is -2.70. The molecule has 0 heterocycles. The van der Waals surface area contributed by atoms with Gasteiger partial charge in [0.25, 0.3) is 0 Å². The Balaban J connectivity index is 2.16. The summed E-state index contributed by atoms with van der Waals surface area (Å²) in [5.74, 6) is -3.58. The third kappa shape index (κ3) is 4.00. The lowest BCUT2D eigenvalue weighted by molar-refractivity contribution is -0.427. The summed E-state index contributed by atoms with van der Waals surface area (Å²) in [5.41, 5.74) is -4.14. The van der Waals surface area contributed by atoms with Gasteiger partial charge in [0.05, 0.1) is 17.9 Å². The van der Waals surface area contributed by atoms with Gasteiger partial charge in [-0.3, -0.25) is 0 Å². The fourth-order valence-corrected chi connectivity index (χ4v) is 9.55. The molecule has 3 aliphatic rings. The molecule has 0 radical (unpaired) electrons. The zero-order valence-electron chi connectivity index (χ0n) is 30.2. The van der Waals surface area contributed by atoms with Gasteiger partial charge in [0, 0.05) is 56.9 Å². The van der Waals surface area contributed by atoms with Crippen LogP contribution in [-0.2, 0) is 52.8 Å². The Morgan fingerprint density at radius 3 is 1.14 bits per heavy atom. The van der Waals surface area contributed by atoms with Crippen LogP contribution < -0.4 is 0 Å². The fourth-order valence-electron chi connectivity index (χ4n) is 9.55. The van der Waals surface area contributed by atoms with Gasteiger partial charge in [-0.05, 0) is 60.4 Å². The molecule has 10 heteroatoms. The smallest absolute Gasteiger partial charge is 0.236 e. The first kappa shape index (κ1) is 36.9. The van der Waals surface area contributed by atoms with Crippen molar-refractivity contribution in [1.82, 2.24) is 0 Å². The van der Waals surface area contributed by atoms with Gasteiger partial charge in [-0.25, -0.2) is 0 Å². The number of fused-ring (bicyclic) bond motifs is 3. The SMILES string of the molecule is C=COC1C=CC(OC)(C2(C3(OC)C=CC(OC=C)C(C)(OC)C3(OC)OC)c3ccccc3-c3ccccc32)C(OC)(OC)C1(C)OC. The number of hydrogen-bond donors (Lipinski definition) is 0. The topological polar surface area (TPSA) is 92.3 Å². The molecule has 0 saturated heterocycles. The first-order valence-electron chi connectivity index (χ1n) is 16.1. The molecule has 49 heavy (non-hydrogen) atoms. The third-order valence-corrected chi connectivity index (χ3v) is 11.6. The molecular formula is C39H50O10. The summed E-state index contributed by atoms with van der Waals surface area (Å²) >= 11 is 0. The first-order valence-corrected chi connectivity index (χ1v) is 16.1. The summed E-state index contributed by atoms with van der Waals surface area (Å²) in [6.45, 7) is 11.4. The highest BCUT2D eigenvalue weighted by atomic mass is 16.8. The van der Waals surface area contributed by atoms with E-state index in [0.29, 0.717) is 0 Å². The zero-order valence-corrected chi connectivity index (χ0v) is 30.2. The molecule has 3 aliphatic carbocycles. The summed E-state index contributed by atoms with van der Waals surface area (Å²) in [6, 6.07) is 16.2. The molecule has 0 aromatic heterocycles. The molecular weight excluding hydrogens is 628 g/mol. The van der Waals surface area contributed by atoms with Gasteiger partial charge in [0.1, 0.15) is 0 Å². The van der Waals surface area contributed by atoms with E-state index in [1.165, 1.54) is 12.5 Å². The van der Waals surface area contributed by atoms with Gasteiger partial charge in [-0.15, -0.1) is 0 Å². The molecule has 0 amide bonds. The number of rotatable bonds is 14. The molecule has 2 aromatic carbocycles. The quantitative estimate of drug-likeness (QED) is 0.141. The van der Waals surface area contributed by atoms with Crippen LogP contribution in [-0.4, -0.2) is 103 Å². The molecule has 6 unspecified atom stereocenters. The van der Waals surface area contributed by atoms with Crippen molar-refractivity contribution in [3.05, 3.63) is 110 Å². The largest absolute Gasteiger partial charge is 0.491 e. The average molecular weight is 679 g/mol. The highest BCUT2D eigenvalue weighted by Gasteiger charge is 2.87. The Morgan fingerprint density at radius 2 is 0.857 bits per heavy atom. The van der Waals surface area contributed by atoms with Crippen molar-refractivity contribution in [3.63, 3.8) is 0 Å². The van der Waals surface area contributed by atoms with Gasteiger partial charge in [0.2, 0.25) is 11.6 Å². The summed E-state index contributed by atoms with van der Waals surface area (Å²) in [7, 11) is 12.6. The molecule has 0 spiro atoms. The Hall–Kier alpha value is -3.32. The van der Waals surface area contributed by atoms with E-state index in [4.69, 9.17) is 47.4 Å². The van der Waals surface area contributed by atoms with E-state index in [-0.39, 0.29) is 0 Å². The number of hydrogen-bond acceptors (Lipinski definition) is 10. The first-order chi connectivity index (χ1) is 23.5. The van der Waals surface area contributed by atoms with E-state index in [0.717, 1.165) is 22.3 Å². The van der Waals surface area contributed by atoms with E-state index >= 15 is 0 Å². The normalized spacial score (nSPS) is 33.3. The summed E-state index contributed by atoms with van der Waals surface area (Å²) in [4.78, 5) is 0. The molecule has 5 rings (SSSR count). The second-order valence-electron chi connectivity index (χ2n) is 12.6. The second kappa shape index (κ2) is 13.1. The van der Waals surface area contributed by atoms with Crippen LogP contribution in [0.4, 0.5) is 0 Å². The van der Waals surface area contributed by atoms with Crippen molar-refractivity contribution in [2.75, 3.05) is 56.9 Å². The van der Waals surface area contributed by atoms with Crippen LogP contribution in [0.25, 0.3) is 11.1 Å².